The van der Waals surface area contributed by atoms with Crippen LogP contribution in [0, 0.1) is 0 Å². The standard InChI is InChI=1S/C19H21NO6S/c21-17(20-10-5-2-6-11-20)13-26-19(22)18-15(9-12-25-18)14-27(23,24)16-7-3-1-4-8-16/h1,3-4,7-9,12H,2,5-6,10-11,13-14H2. The molecular formula is C19H21NO6S. The number of carbonyl (C=O) groups is 2. The fourth-order valence-electron chi connectivity index (χ4n) is 2.97. The van der Waals surface area contributed by atoms with Crippen molar-refractivity contribution in [2.24, 2.45) is 0 Å². The maximum absolute atomic E-state index is 12.5. The van der Waals surface area contributed by atoms with Crippen molar-refractivity contribution in [3.05, 3.63) is 54.0 Å². The second kappa shape index (κ2) is 8.39. The number of nitrogens with zero attached hydrogens (tertiary/aromatic N) is 1. The van der Waals surface area contributed by atoms with E-state index in [2.05, 4.69) is 0 Å². The molecule has 0 N–H and O–H groups in total. The average molecular weight is 391 g/mol. The lowest BCUT2D eigenvalue weighted by Gasteiger charge is -2.26. The molecule has 0 radical (unpaired) electrons. The van der Waals surface area contributed by atoms with Gasteiger partial charge >= 0.3 is 5.97 Å². The fraction of sp³-hybridized carbons (Fsp3) is 0.368. The zero-order valence-corrected chi connectivity index (χ0v) is 15.6. The molecule has 27 heavy (non-hydrogen) atoms. The molecule has 1 aromatic heterocycles. The van der Waals surface area contributed by atoms with Gasteiger partial charge in [0.2, 0.25) is 5.76 Å². The lowest BCUT2D eigenvalue weighted by molar-refractivity contribution is -0.135. The number of carbonyl (C=O) groups excluding carboxylic acids is 2. The Balaban J connectivity index is 1.64. The van der Waals surface area contributed by atoms with Gasteiger partial charge in [0, 0.05) is 18.7 Å². The van der Waals surface area contributed by atoms with Crippen molar-refractivity contribution in [1.82, 2.24) is 4.90 Å². The van der Waals surface area contributed by atoms with Crippen molar-refractivity contribution in [1.29, 1.82) is 0 Å². The average Bonchev–Trinajstić information content (AvgIpc) is 3.14. The topological polar surface area (TPSA) is 93.9 Å². The van der Waals surface area contributed by atoms with Crippen LogP contribution < -0.4 is 0 Å². The Kier molecular flexibility index (Phi) is 5.95. The van der Waals surface area contributed by atoms with Gasteiger partial charge in [-0.2, -0.15) is 0 Å². The van der Waals surface area contributed by atoms with Crippen LogP contribution in [0.1, 0.15) is 35.4 Å². The lowest BCUT2D eigenvalue weighted by atomic mass is 10.1. The summed E-state index contributed by atoms with van der Waals surface area (Å²) in [5.41, 5.74) is 0.203. The second-order valence-electron chi connectivity index (χ2n) is 6.36. The van der Waals surface area contributed by atoms with Gasteiger partial charge in [-0.1, -0.05) is 18.2 Å². The minimum Gasteiger partial charge on any atom is -0.457 e. The van der Waals surface area contributed by atoms with Crippen molar-refractivity contribution < 1.29 is 27.2 Å². The molecule has 2 aromatic rings. The SMILES string of the molecule is O=C(OCC(=O)N1CCCCC1)c1occc1CS(=O)(=O)c1ccccc1. The molecule has 0 spiro atoms. The van der Waals surface area contributed by atoms with Crippen LogP contribution in [0.25, 0.3) is 0 Å². The highest BCUT2D eigenvalue weighted by Crippen LogP contribution is 2.20. The zero-order valence-electron chi connectivity index (χ0n) is 14.8. The van der Waals surface area contributed by atoms with Crippen LogP contribution in [-0.2, 0) is 25.1 Å². The van der Waals surface area contributed by atoms with Gasteiger partial charge in [0.1, 0.15) is 0 Å². The van der Waals surface area contributed by atoms with E-state index in [0.717, 1.165) is 19.3 Å². The number of rotatable bonds is 6. The molecule has 1 aliphatic rings. The van der Waals surface area contributed by atoms with Crippen molar-refractivity contribution in [3.63, 3.8) is 0 Å². The van der Waals surface area contributed by atoms with Gasteiger partial charge in [0.15, 0.2) is 16.4 Å². The van der Waals surface area contributed by atoms with Crippen LogP contribution in [0.2, 0.25) is 0 Å². The summed E-state index contributed by atoms with van der Waals surface area (Å²) in [4.78, 5) is 26.2. The maximum atomic E-state index is 12.5. The second-order valence-corrected chi connectivity index (χ2v) is 8.35. The number of likely N-dealkylation sites (tertiary alicyclic amines) is 1. The lowest BCUT2D eigenvalue weighted by Crippen LogP contribution is -2.38. The van der Waals surface area contributed by atoms with Crippen LogP contribution in [0.5, 0.6) is 0 Å². The van der Waals surface area contributed by atoms with E-state index in [1.54, 1.807) is 23.1 Å². The zero-order chi connectivity index (χ0) is 19.3. The summed E-state index contributed by atoms with van der Waals surface area (Å²) in [6.07, 6.45) is 4.22. The highest BCUT2D eigenvalue weighted by Gasteiger charge is 2.25. The van der Waals surface area contributed by atoms with Crippen molar-refractivity contribution >= 4 is 21.7 Å². The third-order valence-electron chi connectivity index (χ3n) is 4.42. The van der Waals surface area contributed by atoms with Crippen molar-refractivity contribution in [3.8, 4) is 0 Å². The third-order valence-corrected chi connectivity index (χ3v) is 6.10. The van der Waals surface area contributed by atoms with Crippen LogP contribution in [0.3, 0.4) is 0 Å². The molecule has 1 aliphatic heterocycles. The first-order chi connectivity index (χ1) is 13.0. The number of esters is 1. The van der Waals surface area contributed by atoms with Gasteiger partial charge in [-0.3, -0.25) is 4.79 Å². The smallest absolute Gasteiger partial charge is 0.375 e. The normalized spacial score (nSPS) is 14.7. The molecule has 0 atom stereocenters. The summed E-state index contributed by atoms with van der Waals surface area (Å²) in [6.45, 7) is 0.944. The number of benzene rings is 1. The number of furan rings is 1. The van der Waals surface area contributed by atoms with Gasteiger partial charge in [-0.25, -0.2) is 13.2 Å². The van der Waals surface area contributed by atoms with Gasteiger partial charge in [-0.15, -0.1) is 0 Å². The van der Waals surface area contributed by atoms with E-state index in [1.165, 1.54) is 24.5 Å². The van der Waals surface area contributed by atoms with E-state index in [4.69, 9.17) is 9.15 Å². The Morgan fingerprint density at radius 3 is 2.44 bits per heavy atom. The van der Waals surface area contributed by atoms with Crippen molar-refractivity contribution in [2.75, 3.05) is 19.7 Å². The summed E-state index contributed by atoms with van der Waals surface area (Å²) in [6, 6.07) is 9.38. The van der Waals surface area contributed by atoms with Crippen LogP contribution in [-0.4, -0.2) is 44.9 Å². The summed E-state index contributed by atoms with van der Waals surface area (Å²) >= 11 is 0. The maximum Gasteiger partial charge on any atom is 0.375 e. The first-order valence-corrected chi connectivity index (χ1v) is 10.4. The van der Waals surface area contributed by atoms with Crippen LogP contribution >= 0.6 is 0 Å². The predicted octanol–water partition coefficient (Wildman–Crippen LogP) is 2.42. The van der Waals surface area contributed by atoms with Gasteiger partial charge in [-0.05, 0) is 37.5 Å². The monoisotopic (exact) mass is 391 g/mol. The number of ether oxygens (including phenoxy) is 1. The molecule has 3 rings (SSSR count). The highest BCUT2D eigenvalue weighted by molar-refractivity contribution is 7.90. The van der Waals surface area contributed by atoms with Crippen LogP contribution in [0.4, 0.5) is 0 Å². The van der Waals surface area contributed by atoms with E-state index in [9.17, 15) is 18.0 Å². The molecule has 1 fully saturated rings. The summed E-state index contributed by atoms with van der Waals surface area (Å²) in [5.74, 6) is -1.68. The molecule has 1 saturated heterocycles. The van der Waals surface area contributed by atoms with Gasteiger partial charge in [0.25, 0.3) is 5.91 Å². The van der Waals surface area contributed by atoms with E-state index < -0.39 is 21.6 Å². The molecule has 1 aromatic carbocycles. The first kappa shape index (κ1) is 19.2. The molecule has 0 unspecified atom stereocenters. The predicted molar refractivity (Wildman–Crippen MR) is 96.8 cm³/mol. The Bertz CT molecular complexity index is 897. The number of amides is 1. The van der Waals surface area contributed by atoms with Crippen molar-refractivity contribution in [2.45, 2.75) is 29.9 Å². The molecular weight excluding hydrogens is 370 g/mol. The first-order valence-electron chi connectivity index (χ1n) is 8.76. The minimum atomic E-state index is -3.63. The number of sulfone groups is 1. The molecule has 7 nitrogen and oxygen atoms in total. The molecule has 0 aliphatic carbocycles. The number of piperidine rings is 1. The molecule has 144 valence electrons. The molecule has 8 heteroatoms. The largest absolute Gasteiger partial charge is 0.457 e. The number of hydrogen-bond acceptors (Lipinski definition) is 6. The Hall–Kier alpha value is -2.61. The highest BCUT2D eigenvalue weighted by atomic mass is 32.2. The minimum absolute atomic E-state index is 0.158. The fourth-order valence-corrected chi connectivity index (χ4v) is 4.35. The van der Waals surface area contributed by atoms with E-state index >= 15 is 0 Å². The summed E-state index contributed by atoms with van der Waals surface area (Å²) in [5, 5.41) is 0. The number of hydrogen-bond donors (Lipinski definition) is 0. The van der Waals surface area contributed by atoms with E-state index in [0.29, 0.717) is 13.1 Å². The Morgan fingerprint density at radius 1 is 1.04 bits per heavy atom. The summed E-state index contributed by atoms with van der Waals surface area (Å²) in [7, 11) is -3.63. The third kappa shape index (κ3) is 4.77. The summed E-state index contributed by atoms with van der Waals surface area (Å²) < 4.78 is 35.2. The quantitative estimate of drug-likeness (QED) is 0.702. The Labute approximate surface area is 157 Å². The van der Waals surface area contributed by atoms with E-state index in [-0.39, 0.29) is 28.7 Å². The molecule has 0 saturated carbocycles. The molecule has 2 heterocycles. The van der Waals surface area contributed by atoms with Crippen LogP contribution in [0.15, 0.2) is 52.0 Å². The Morgan fingerprint density at radius 2 is 1.74 bits per heavy atom. The van der Waals surface area contributed by atoms with E-state index in [1.807, 2.05) is 0 Å². The van der Waals surface area contributed by atoms with Gasteiger partial charge in [0.05, 0.1) is 16.9 Å². The molecule has 1 amide bonds. The van der Waals surface area contributed by atoms with Gasteiger partial charge < -0.3 is 14.1 Å². The molecule has 0 bridgehead atoms.